The quantitative estimate of drug-likeness (QED) is 0.115. The van der Waals surface area contributed by atoms with Crippen molar-refractivity contribution in [3.63, 3.8) is 0 Å². The summed E-state index contributed by atoms with van der Waals surface area (Å²) in [6, 6.07) is 140. The summed E-state index contributed by atoms with van der Waals surface area (Å²) in [6.45, 7) is 0. The summed E-state index contributed by atoms with van der Waals surface area (Å²) in [6.07, 6.45) is 14.4. The molecule has 0 amide bonds. The van der Waals surface area contributed by atoms with Crippen LogP contribution in [0.4, 0.5) is 0 Å². The molecule has 27 rings (SSSR count). The molecule has 0 spiro atoms. The summed E-state index contributed by atoms with van der Waals surface area (Å²) in [5, 5.41) is 14.5. The van der Waals surface area contributed by atoms with Crippen molar-refractivity contribution in [3.8, 4) is 102 Å². The van der Waals surface area contributed by atoms with Crippen LogP contribution >= 0.6 is 0 Å². The molecule has 0 N–H and O–H groups in total. The Morgan fingerprint density at radius 1 is 0.144 bits per heavy atom. The van der Waals surface area contributed by atoms with Crippen LogP contribution in [0, 0.1) is 0 Å². The highest BCUT2D eigenvalue weighted by Crippen LogP contribution is 2.44. The SMILES string of the molecule is c1ccc(-c2nc(-c3cccnc3)cc(-n3c4ccccc4c4cc(-n5c6ccccc6c6ccccc65)ccc43)n2)cc1.c1ccc(-c2nc(-c3ccncc3)cc(-n3c4ccccc4c4cc(-n5c6ccccc6c6ccccc65)ccc43)n2)cc1.c1ccc2c(c1)c1ccccc1n2-c1ccc2c(c1)c1ccccc1n2-c1cc(-c2ccncc2)nc(-c2ccncc2)n1. The molecule has 0 saturated heterocycles. The monoisotopic (exact) mass is 1690 g/mol. The van der Waals surface area contributed by atoms with Crippen LogP contribution in [0.15, 0.2) is 450 Å². The van der Waals surface area contributed by atoms with Gasteiger partial charge in [0, 0.05) is 183 Å². The van der Waals surface area contributed by atoms with Gasteiger partial charge in [0.05, 0.1) is 83.3 Å². The number of hydrogen-bond donors (Lipinski definition) is 0. The number of fused-ring (bicyclic) bond motifs is 18. The first kappa shape index (κ1) is 76.2. The maximum atomic E-state index is 5.16. The Balaban J connectivity index is 0.000000106. The van der Waals surface area contributed by atoms with E-state index < -0.39 is 0 Å². The molecule has 0 saturated carbocycles. The van der Waals surface area contributed by atoms with E-state index in [2.05, 4.69) is 363 Å². The van der Waals surface area contributed by atoms with E-state index in [0.717, 1.165) is 123 Å². The third kappa shape index (κ3) is 13.1. The van der Waals surface area contributed by atoms with Crippen LogP contribution in [0.3, 0.4) is 0 Å². The minimum atomic E-state index is 0.643. The number of hydrogen-bond acceptors (Lipinski definition) is 10. The number of nitrogens with zero attached hydrogens (tertiary/aromatic N) is 16. The van der Waals surface area contributed by atoms with Gasteiger partial charge in [0.15, 0.2) is 17.5 Å². The molecule has 0 bridgehead atoms. The maximum Gasteiger partial charge on any atom is 0.162 e. The highest BCUT2D eigenvalue weighted by atomic mass is 15.1. The zero-order valence-corrected chi connectivity index (χ0v) is 70.9. The van der Waals surface area contributed by atoms with E-state index in [1.165, 1.54) is 92.3 Å². The molecule has 27 aromatic rings. The zero-order valence-electron chi connectivity index (χ0n) is 70.9. The van der Waals surface area contributed by atoms with Crippen molar-refractivity contribution in [1.82, 2.24) is 77.2 Å². The maximum absolute atomic E-state index is 5.16. The predicted molar refractivity (Wildman–Crippen MR) is 536 cm³/mol. The minimum Gasteiger partial charge on any atom is -0.309 e. The lowest BCUT2D eigenvalue weighted by Crippen LogP contribution is -2.02. The topological polar surface area (TPSA) is 158 Å². The average molecular weight is 1690 g/mol. The van der Waals surface area contributed by atoms with Crippen LogP contribution < -0.4 is 0 Å². The molecule has 0 aliphatic heterocycles. The number of pyridine rings is 4. The molecule has 0 unspecified atom stereocenters. The van der Waals surface area contributed by atoms with Gasteiger partial charge in [-0.3, -0.25) is 33.6 Å². The van der Waals surface area contributed by atoms with E-state index in [9.17, 15) is 0 Å². The zero-order chi connectivity index (χ0) is 87.1. The van der Waals surface area contributed by atoms with Crippen LogP contribution in [0.1, 0.15) is 0 Å². The predicted octanol–water partition coefficient (Wildman–Crippen LogP) is 27.6. The Hall–Kier alpha value is -18.3. The van der Waals surface area contributed by atoms with Crippen molar-refractivity contribution in [2.45, 2.75) is 0 Å². The van der Waals surface area contributed by atoms with E-state index in [1.807, 2.05) is 91.1 Å². The third-order valence-corrected chi connectivity index (χ3v) is 25.2. The molecule has 132 heavy (non-hydrogen) atoms. The molecule has 0 aliphatic carbocycles. The van der Waals surface area contributed by atoms with Crippen molar-refractivity contribution in [2.24, 2.45) is 0 Å². The van der Waals surface area contributed by atoms with Gasteiger partial charge in [-0.05, 0) is 158 Å². The van der Waals surface area contributed by atoms with E-state index in [4.69, 9.17) is 29.9 Å². The summed E-state index contributed by atoms with van der Waals surface area (Å²) in [4.78, 5) is 47.4. The largest absolute Gasteiger partial charge is 0.309 e. The van der Waals surface area contributed by atoms with E-state index >= 15 is 0 Å². The van der Waals surface area contributed by atoms with E-state index in [-0.39, 0.29) is 0 Å². The van der Waals surface area contributed by atoms with Gasteiger partial charge >= 0.3 is 0 Å². The first-order valence-corrected chi connectivity index (χ1v) is 44.0. The lowest BCUT2D eigenvalue weighted by Gasteiger charge is -2.12. The molecule has 13 aromatic heterocycles. The van der Waals surface area contributed by atoms with Crippen LogP contribution in [-0.2, 0) is 0 Å². The van der Waals surface area contributed by atoms with Crippen molar-refractivity contribution in [3.05, 3.63) is 450 Å². The standard InChI is InChI=1S/2C39H25N5.C38H24N6/c1-2-11-26(12-3-1)39-41-33(27-13-10-22-40-25-27)24-38(42-39)44-36-19-9-6-16-31(36)32-23-28(20-21-37(32)44)43-34-17-7-4-14-29(34)30-15-5-8-18-35(30)43;1-2-10-27(11-3-1)39-41-33(26-20-22-40-23-21-26)25-38(42-39)44-36-17-9-6-14-31(36)32-24-28(18-19-37(32)44)43-34-15-7-4-12-29(34)30-13-5-8-16-35(30)43;1-4-10-33-28(7-1)29-8-2-5-11-34(29)43(33)27-13-14-36-31(23-27)30-9-3-6-12-35(30)44(36)37-24-32(25-15-19-39-20-16-25)41-38(42-37)26-17-21-40-22-18-26/h2*1-25H;1-24H. The van der Waals surface area contributed by atoms with Crippen molar-refractivity contribution in [1.29, 1.82) is 0 Å². The van der Waals surface area contributed by atoms with Gasteiger partial charge < -0.3 is 13.7 Å². The van der Waals surface area contributed by atoms with Gasteiger partial charge in [-0.2, -0.15) is 0 Å². The summed E-state index contributed by atoms with van der Waals surface area (Å²) in [5.41, 5.74) is 25.4. The van der Waals surface area contributed by atoms with Crippen molar-refractivity contribution >= 4 is 131 Å². The molecular formula is C116H74N16. The Labute approximate surface area is 755 Å². The van der Waals surface area contributed by atoms with E-state index in [0.29, 0.717) is 17.5 Å². The summed E-state index contributed by atoms with van der Waals surface area (Å²) in [7, 11) is 0. The molecular weight excluding hydrogens is 1620 g/mol. The molecule has 0 atom stereocenters. The smallest absolute Gasteiger partial charge is 0.162 e. The summed E-state index contributed by atoms with van der Waals surface area (Å²) in [5.74, 6) is 4.44. The second-order valence-corrected chi connectivity index (χ2v) is 32.8. The van der Waals surface area contributed by atoms with Gasteiger partial charge in [0.25, 0.3) is 0 Å². The second kappa shape index (κ2) is 32.0. The van der Waals surface area contributed by atoms with Gasteiger partial charge in [0.1, 0.15) is 17.5 Å². The van der Waals surface area contributed by atoms with Crippen LogP contribution in [0.5, 0.6) is 0 Å². The highest BCUT2D eigenvalue weighted by Gasteiger charge is 2.25. The molecule has 14 aromatic carbocycles. The normalized spacial score (nSPS) is 11.6. The Morgan fingerprint density at radius 3 is 0.652 bits per heavy atom. The summed E-state index contributed by atoms with van der Waals surface area (Å²) < 4.78 is 13.9. The minimum absolute atomic E-state index is 0.643. The lowest BCUT2D eigenvalue weighted by atomic mass is 10.1. The number of aromatic nitrogens is 16. The lowest BCUT2D eigenvalue weighted by molar-refractivity contribution is 1.04. The molecule has 618 valence electrons. The summed E-state index contributed by atoms with van der Waals surface area (Å²) >= 11 is 0. The van der Waals surface area contributed by atoms with Crippen LogP contribution in [0.25, 0.3) is 233 Å². The van der Waals surface area contributed by atoms with Gasteiger partial charge in [-0.25, -0.2) is 29.9 Å². The second-order valence-electron chi connectivity index (χ2n) is 32.8. The van der Waals surface area contributed by atoms with Crippen molar-refractivity contribution < 1.29 is 0 Å². The fraction of sp³-hybridized carbons (Fsp3) is 0. The highest BCUT2D eigenvalue weighted by molar-refractivity contribution is 6.16. The van der Waals surface area contributed by atoms with Gasteiger partial charge in [-0.1, -0.05) is 224 Å². The van der Waals surface area contributed by atoms with Crippen molar-refractivity contribution in [2.75, 3.05) is 0 Å². The Kier molecular flexibility index (Phi) is 18.5. The van der Waals surface area contributed by atoms with Crippen LogP contribution in [0.2, 0.25) is 0 Å². The molecule has 0 aliphatic rings. The first-order chi connectivity index (χ1) is 65.5. The van der Waals surface area contributed by atoms with Gasteiger partial charge in [0.2, 0.25) is 0 Å². The average Bonchev–Trinajstić information content (AvgIpc) is 1.58. The fourth-order valence-electron chi connectivity index (χ4n) is 19.4. The Bertz CT molecular complexity index is 7980. The molecule has 16 heteroatoms. The Morgan fingerprint density at radius 2 is 0.371 bits per heavy atom. The van der Waals surface area contributed by atoms with Gasteiger partial charge in [-0.15, -0.1) is 0 Å². The molecule has 16 nitrogen and oxygen atoms in total. The fourth-order valence-corrected chi connectivity index (χ4v) is 19.4. The number of benzene rings is 14. The van der Waals surface area contributed by atoms with Crippen LogP contribution in [-0.4, -0.2) is 77.2 Å². The number of rotatable bonds is 12. The van der Waals surface area contributed by atoms with E-state index in [1.54, 1.807) is 43.4 Å². The molecule has 0 fully saturated rings. The molecule has 0 radical (unpaired) electrons. The third-order valence-electron chi connectivity index (χ3n) is 25.2. The number of para-hydroxylation sites is 9. The molecule has 13 heterocycles. The first-order valence-electron chi connectivity index (χ1n) is 44.0.